The topological polar surface area (TPSA) is 74.8 Å². The highest BCUT2D eigenvalue weighted by molar-refractivity contribution is 6.51. The Hall–Kier alpha value is -3.74. The first-order valence-corrected chi connectivity index (χ1v) is 15.9. The summed E-state index contributed by atoms with van der Waals surface area (Å²) in [6.45, 7) is 12.0. The van der Waals surface area contributed by atoms with Gasteiger partial charge < -0.3 is 0 Å². The molecule has 0 saturated heterocycles. The predicted molar refractivity (Wildman–Crippen MR) is 177 cm³/mol. The van der Waals surface area contributed by atoms with E-state index in [-0.39, 0.29) is 41.6 Å². The van der Waals surface area contributed by atoms with Crippen LogP contribution in [0, 0.1) is 11.8 Å². The number of fused-ring (bicyclic) bond motifs is 2. The lowest BCUT2D eigenvalue weighted by atomic mass is 9.81. The molecule has 5 aromatic carbocycles. The lowest BCUT2D eigenvalue weighted by molar-refractivity contribution is 0.0519. The van der Waals surface area contributed by atoms with Crippen molar-refractivity contribution >= 4 is 89.9 Å². The Balaban J connectivity index is 1.56. The molecule has 224 valence electrons. The summed E-state index contributed by atoms with van der Waals surface area (Å²) in [5.74, 6) is -0.786. The Kier molecular flexibility index (Phi) is 6.51. The second-order valence-corrected chi connectivity index (χ2v) is 14.1. The van der Waals surface area contributed by atoms with Gasteiger partial charge in [-0.2, -0.15) is 0 Å². The molecule has 2 heterocycles. The van der Waals surface area contributed by atoms with Crippen LogP contribution in [0.15, 0.2) is 36.4 Å². The minimum absolute atomic E-state index is 0.260. The molecule has 0 N–H and O–H groups in total. The first-order chi connectivity index (χ1) is 20.8. The Labute approximate surface area is 265 Å². The summed E-state index contributed by atoms with van der Waals surface area (Å²) in [6, 6.07) is 9.98. The predicted octanol–water partition coefficient (Wildman–Crippen LogP) is 9.11. The summed E-state index contributed by atoms with van der Waals surface area (Å²) in [5.41, 5.74) is 1.64. The largest absolute Gasteiger partial charge is 0.272 e. The quantitative estimate of drug-likeness (QED) is 0.107. The van der Waals surface area contributed by atoms with E-state index in [0.717, 1.165) is 16.2 Å². The van der Waals surface area contributed by atoms with E-state index in [1.165, 1.54) is 9.80 Å². The number of hydrogen-bond donors (Lipinski definition) is 0. The minimum atomic E-state index is -0.375. The van der Waals surface area contributed by atoms with Gasteiger partial charge in [0.05, 0.1) is 11.1 Å². The van der Waals surface area contributed by atoms with Gasteiger partial charge in [0.25, 0.3) is 23.6 Å². The molecule has 0 fully saturated rings. The minimum Gasteiger partial charge on any atom is -0.272 e. The van der Waals surface area contributed by atoms with Crippen LogP contribution in [-0.4, -0.2) is 45.5 Å². The van der Waals surface area contributed by atoms with Gasteiger partial charge in [-0.25, -0.2) is 0 Å². The number of benzene rings is 5. The molecule has 0 aromatic heterocycles. The van der Waals surface area contributed by atoms with Crippen molar-refractivity contribution in [3.63, 3.8) is 0 Å². The van der Waals surface area contributed by atoms with Gasteiger partial charge in [0.2, 0.25) is 0 Å². The number of nitrogens with zero attached hydrogens (tertiary/aromatic N) is 2. The molecule has 44 heavy (non-hydrogen) atoms. The molecular formula is C36H32Cl2N2O4. The van der Waals surface area contributed by atoms with Gasteiger partial charge in [-0.05, 0) is 78.9 Å². The molecular weight excluding hydrogens is 595 g/mol. The number of halogens is 2. The highest BCUT2D eigenvalue weighted by Gasteiger charge is 2.40. The van der Waals surface area contributed by atoms with Crippen molar-refractivity contribution in [1.29, 1.82) is 0 Å². The molecule has 0 spiro atoms. The van der Waals surface area contributed by atoms with Gasteiger partial charge in [0.1, 0.15) is 0 Å². The van der Waals surface area contributed by atoms with Crippen molar-refractivity contribution in [1.82, 2.24) is 9.80 Å². The van der Waals surface area contributed by atoms with Crippen molar-refractivity contribution in [3.05, 3.63) is 68.7 Å². The number of amides is 4. The normalized spacial score (nSPS) is 16.7. The van der Waals surface area contributed by atoms with Crippen LogP contribution in [0.4, 0.5) is 0 Å². The first-order valence-electron chi connectivity index (χ1n) is 15.2. The molecule has 0 radical (unpaired) electrons. The number of imide groups is 2. The van der Waals surface area contributed by atoms with E-state index < -0.39 is 0 Å². The Morgan fingerprint density at radius 1 is 0.500 bits per heavy atom. The van der Waals surface area contributed by atoms with Crippen molar-refractivity contribution in [2.24, 2.45) is 11.8 Å². The molecule has 2 aliphatic heterocycles. The van der Waals surface area contributed by atoms with Crippen LogP contribution in [0.1, 0.15) is 95.8 Å². The second-order valence-electron chi connectivity index (χ2n) is 13.3. The summed E-state index contributed by atoms with van der Waals surface area (Å²) >= 11 is 14.1. The number of hydrogen-bond acceptors (Lipinski definition) is 4. The molecule has 0 saturated carbocycles. The molecule has 6 nitrogen and oxygen atoms in total. The highest BCUT2D eigenvalue weighted by Crippen LogP contribution is 2.50. The smallest absolute Gasteiger partial charge is 0.261 e. The van der Waals surface area contributed by atoms with Gasteiger partial charge >= 0.3 is 0 Å². The molecule has 2 unspecified atom stereocenters. The SMILES string of the molecule is CC(C)CC(C)N1C(=O)c2ccc3c4c(Cl)cc5c6c(cc(Cl)c(c7ccc(c2c37)C1=O)c64)C(=O)N(C(C)CC(C)C)C5=O. The lowest BCUT2D eigenvalue weighted by Gasteiger charge is -2.34. The van der Waals surface area contributed by atoms with Crippen molar-refractivity contribution < 1.29 is 19.2 Å². The maximum Gasteiger partial charge on any atom is 0.261 e. The Morgan fingerprint density at radius 3 is 1.25 bits per heavy atom. The Morgan fingerprint density at radius 2 is 0.864 bits per heavy atom. The first kappa shape index (κ1) is 29.0. The maximum absolute atomic E-state index is 13.9. The van der Waals surface area contributed by atoms with Crippen LogP contribution in [-0.2, 0) is 0 Å². The molecule has 7 rings (SSSR count). The van der Waals surface area contributed by atoms with E-state index in [9.17, 15) is 19.2 Å². The monoisotopic (exact) mass is 626 g/mol. The zero-order valence-electron chi connectivity index (χ0n) is 25.5. The number of carbonyl (C=O) groups excluding carboxylic acids is 4. The Bertz CT molecular complexity index is 2010. The average molecular weight is 628 g/mol. The second kappa shape index (κ2) is 9.88. The van der Waals surface area contributed by atoms with E-state index in [1.807, 2.05) is 26.0 Å². The van der Waals surface area contributed by atoms with Crippen LogP contribution in [0.3, 0.4) is 0 Å². The van der Waals surface area contributed by atoms with Crippen molar-refractivity contribution in [2.45, 2.75) is 66.5 Å². The summed E-state index contributed by atoms with van der Waals surface area (Å²) in [5, 5.41) is 5.90. The zero-order chi connectivity index (χ0) is 31.5. The third-order valence-electron chi connectivity index (χ3n) is 9.31. The highest BCUT2D eigenvalue weighted by atomic mass is 35.5. The fourth-order valence-electron chi connectivity index (χ4n) is 7.78. The number of rotatable bonds is 6. The van der Waals surface area contributed by atoms with Gasteiger partial charge in [0.15, 0.2) is 0 Å². The van der Waals surface area contributed by atoms with Crippen molar-refractivity contribution in [3.8, 4) is 0 Å². The van der Waals surface area contributed by atoms with Crippen LogP contribution in [0.25, 0.3) is 43.1 Å². The van der Waals surface area contributed by atoms with Crippen LogP contribution in [0.5, 0.6) is 0 Å². The number of carbonyl (C=O) groups is 4. The van der Waals surface area contributed by atoms with E-state index in [4.69, 9.17) is 23.2 Å². The molecule has 0 aliphatic carbocycles. The lowest BCUT2D eigenvalue weighted by Crippen LogP contribution is -2.46. The third-order valence-corrected chi connectivity index (χ3v) is 9.91. The third kappa shape index (κ3) is 3.80. The van der Waals surface area contributed by atoms with Gasteiger partial charge in [0, 0.05) is 60.2 Å². The van der Waals surface area contributed by atoms with Gasteiger partial charge in [-0.3, -0.25) is 29.0 Å². The average Bonchev–Trinajstić information content (AvgIpc) is 2.94. The van der Waals surface area contributed by atoms with E-state index in [0.29, 0.717) is 78.0 Å². The maximum atomic E-state index is 13.9. The molecule has 8 heteroatoms. The van der Waals surface area contributed by atoms with Gasteiger partial charge in [-0.1, -0.05) is 63.0 Å². The standard InChI is InChI=1S/C36H32Cl2N2O4/c1-15(2)11-17(5)39-33(41)21-9-7-19-27-20(8-10-22(28(21)27)34(39)42)31-26(38)14-24-29-23(13-25(37)30(19)32(29)31)35(43)40(36(24)44)18(6)12-16(3)4/h7-10,13-18H,11-12H2,1-6H3. The van der Waals surface area contributed by atoms with Crippen LogP contribution < -0.4 is 0 Å². The van der Waals surface area contributed by atoms with Crippen molar-refractivity contribution in [2.75, 3.05) is 0 Å². The zero-order valence-corrected chi connectivity index (χ0v) is 27.0. The van der Waals surface area contributed by atoms with Crippen LogP contribution >= 0.6 is 23.2 Å². The van der Waals surface area contributed by atoms with E-state index in [1.54, 1.807) is 24.3 Å². The molecule has 2 atom stereocenters. The van der Waals surface area contributed by atoms with Gasteiger partial charge in [-0.15, -0.1) is 0 Å². The summed E-state index contributed by atoms with van der Waals surface area (Å²) in [7, 11) is 0. The summed E-state index contributed by atoms with van der Waals surface area (Å²) in [6.07, 6.45) is 1.36. The van der Waals surface area contributed by atoms with E-state index in [2.05, 4.69) is 27.7 Å². The summed E-state index contributed by atoms with van der Waals surface area (Å²) < 4.78 is 0. The molecule has 4 amide bonds. The fraction of sp³-hybridized carbons (Fsp3) is 0.333. The van der Waals surface area contributed by atoms with E-state index >= 15 is 0 Å². The molecule has 0 bridgehead atoms. The molecule has 2 aliphatic rings. The summed E-state index contributed by atoms with van der Waals surface area (Å²) in [4.78, 5) is 58.3. The molecule has 5 aromatic rings. The fourth-order valence-corrected chi connectivity index (χ4v) is 8.39. The van der Waals surface area contributed by atoms with Crippen LogP contribution in [0.2, 0.25) is 10.0 Å².